The Morgan fingerprint density at radius 3 is 2.64 bits per heavy atom. The number of aromatic nitrogens is 3. The third-order valence-electron chi connectivity index (χ3n) is 6.57. The second kappa shape index (κ2) is 8.23. The van der Waals surface area contributed by atoms with Crippen molar-refractivity contribution in [2.24, 2.45) is 17.1 Å². The molecule has 33 heavy (non-hydrogen) atoms. The number of hydrogen-bond acceptors (Lipinski definition) is 6. The lowest BCUT2D eigenvalue weighted by Crippen LogP contribution is -2.59. The van der Waals surface area contributed by atoms with Crippen LogP contribution in [-0.2, 0) is 20.7 Å². The van der Waals surface area contributed by atoms with Crippen LogP contribution in [0.4, 0.5) is 17.6 Å². The monoisotopic (exact) mass is 471 g/mol. The first-order valence-electron chi connectivity index (χ1n) is 10.7. The molecule has 3 heterocycles. The Bertz CT molecular complexity index is 1060. The Kier molecular flexibility index (Phi) is 5.83. The Morgan fingerprint density at radius 1 is 1.27 bits per heavy atom. The number of halogens is 4. The number of fused-ring (bicyclic) bond motifs is 1. The molecule has 1 amide bonds. The number of nitrogens with one attached hydrogen (secondary N) is 1. The number of rotatable bonds is 5. The van der Waals surface area contributed by atoms with Crippen molar-refractivity contribution in [2.75, 3.05) is 13.7 Å². The number of carbonyl (C=O) groups excluding carboxylic acids is 2. The molecular formula is C21H25F4N5O3. The van der Waals surface area contributed by atoms with Crippen LogP contribution in [0, 0.1) is 11.3 Å². The van der Waals surface area contributed by atoms with Gasteiger partial charge in [0.25, 0.3) is 5.92 Å². The summed E-state index contributed by atoms with van der Waals surface area (Å²) in [6.07, 6.45) is 0.291. The maximum atomic E-state index is 14.1. The minimum absolute atomic E-state index is 0.148. The molecule has 1 aliphatic carbocycles. The predicted molar refractivity (Wildman–Crippen MR) is 108 cm³/mol. The molecule has 1 saturated heterocycles. The fraction of sp³-hybridized carbons (Fsp3) is 0.619. The van der Waals surface area contributed by atoms with Crippen LogP contribution in [0.5, 0.6) is 0 Å². The molecule has 2 fully saturated rings. The van der Waals surface area contributed by atoms with Gasteiger partial charge >= 0.3 is 5.97 Å². The molecule has 2 atom stereocenters. The summed E-state index contributed by atoms with van der Waals surface area (Å²) < 4.78 is 61.2. The summed E-state index contributed by atoms with van der Waals surface area (Å²) in [6.45, 7) is -0.854. The quantitative estimate of drug-likeness (QED) is 0.394. The average molecular weight is 471 g/mol. The minimum Gasteiger partial charge on any atom is -0.468 e. The number of piperidine rings is 1. The van der Waals surface area contributed by atoms with E-state index in [0.717, 1.165) is 7.11 Å². The van der Waals surface area contributed by atoms with E-state index in [0.29, 0.717) is 11.3 Å². The highest BCUT2D eigenvalue weighted by molar-refractivity contribution is 6.03. The molecule has 0 spiro atoms. The molecule has 180 valence electrons. The molecule has 12 heteroatoms. The average Bonchev–Trinajstić information content (AvgIpc) is 3.18. The van der Waals surface area contributed by atoms with E-state index in [4.69, 9.17) is 5.73 Å². The minimum atomic E-state index is -3.28. The lowest BCUT2D eigenvalue weighted by molar-refractivity contribution is -0.172. The van der Waals surface area contributed by atoms with Crippen molar-refractivity contribution >= 4 is 17.5 Å². The highest BCUT2D eigenvalue weighted by Crippen LogP contribution is 2.41. The van der Waals surface area contributed by atoms with Gasteiger partial charge in [-0.05, 0) is 30.9 Å². The van der Waals surface area contributed by atoms with Gasteiger partial charge in [0, 0.05) is 25.7 Å². The van der Waals surface area contributed by atoms with Crippen LogP contribution in [-0.4, -0.2) is 52.0 Å². The van der Waals surface area contributed by atoms with Gasteiger partial charge in [-0.15, -0.1) is 0 Å². The molecule has 1 aliphatic heterocycles. The van der Waals surface area contributed by atoms with Crippen molar-refractivity contribution in [3.8, 4) is 0 Å². The van der Waals surface area contributed by atoms with E-state index < -0.39 is 54.6 Å². The van der Waals surface area contributed by atoms with Crippen molar-refractivity contribution in [1.82, 2.24) is 19.9 Å². The maximum absolute atomic E-state index is 14.1. The smallest absolute Gasteiger partial charge is 0.322 e. The van der Waals surface area contributed by atoms with Crippen molar-refractivity contribution in [1.29, 1.82) is 0 Å². The molecular weight excluding hydrogens is 446 g/mol. The van der Waals surface area contributed by atoms with Gasteiger partial charge in [0.15, 0.2) is 11.1 Å². The van der Waals surface area contributed by atoms with Gasteiger partial charge in [0.2, 0.25) is 11.8 Å². The van der Waals surface area contributed by atoms with Crippen LogP contribution in [0.25, 0.3) is 5.65 Å². The van der Waals surface area contributed by atoms with Crippen molar-refractivity contribution in [3.63, 3.8) is 0 Å². The zero-order valence-electron chi connectivity index (χ0n) is 18.0. The van der Waals surface area contributed by atoms with Crippen LogP contribution < -0.4 is 11.1 Å². The third-order valence-corrected chi connectivity index (χ3v) is 6.57. The number of ether oxygens (including phenoxy) is 1. The molecule has 0 bridgehead atoms. The molecule has 2 aromatic heterocycles. The van der Waals surface area contributed by atoms with E-state index in [2.05, 4.69) is 20.1 Å². The number of methoxy groups -OCH3 is 1. The fourth-order valence-corrected chi connectivity index (χ4v) is 4.71. The summed E-state index contributed by atoms with van der Waals surface area (Å²) >= 11 is 0. The van der Waals surface area contributed by atoms with E-state index in [1.54, 1.807) is 12.3 Å². The number of esters is 1. The second-order valence-electron chi connectivity index (χ2n) is 8.98. The maximum Gasteiger partial charge on any atom is 0.322 e. The van der Waals surface area contributed by atoms with Crippen molar-refractivity contribution in [2.45, 2.75) is 56.4 Å². The van der Waals surface area contributed by atoms with Crippen LogP contribution in [0.15, 0.2) is 18.3 Å². The van der Waals surface area contributed by atoms with Gasteiger partial charge in [-0.3, -0.25) is 9.59 Å². The number of carbonyl (C=O) groups is 2. The Balaban J connectivity index is 1.59. The molecule has 2 aromatic rings. The predicted octanol–water partition coefficient (Wildman–Crippen LogP) is 2.41. The van der Waals surface area contributed by atoms with Gasteiger partial charge < -0.3 is 15.8 Å². The van der Waals surface area contributed by atoms with Gasteiger partial charge in [0.05, 0.1) is 37.3 Å². The molecule has 2 aliphatic rings. The Hall–Kier alpha value is -2.76. The zero-order valence-corrected chi connectivity index (χ0v) is 18.0. The summed E-state index contributed by atoms with van der Waals surface area (Å²) in [5, 5.41) is 6.42. The number of amides is 1. The number of alkyl halides is 4. The van der Waals surface area contributed by atoms with E-state index in [1.165, 1.54) is 10.6 Å². The summed E-state index contributed by atoms with van der Waals surface area (Å²) in [4.78, 5) is 29.4. The normalized spacial score (nSPS) is 26.1. The lowest BCUT2D eigenvalue weighted by atomic mass is 9.74. The number of nitrogens with zero attached hydrogens (tertiary/aromatic N) is 3. The summed E-state index contributed by atoms with van der Waals surface area (Å²) in [6, 6.07) is 2.50. The van der Waals surface area contributed by atoms with E-state index in [9.17, 15) is 27.2 Å². The number of hydrogen-bond donors (Lipinski definition) is 2. The second-order valence-corrected chi connectivity index (χ2v) is 8.98. The van der Waals surface area contributed by atoms with Gasteiger partial charge in [-0.2, -0.15) is 5.10 Å². The third kappa shape index (κ3) is 4.53. The summed E-state index contributed by atoms with van der Waals surface area (Å²) in [5.41, 5.74) is 5.26. The van der Waals surface area contributed by atoms with Gasteiger partial charge in [-0.25, -0.2) is 27.1 Å². The highest BCUT2D eigenvalue weighted by Gasteiger charge is 2.57. The first-order chi connectivity index (χ1) is 15.4. The first-order valence-corrected chi connectivity index (χ1v) is 10.7. The molecule has 0 aromatic carbocycles. The van der Waals surface area contributed by atoms with Gasteiger partial charge in [0.1, 0.15) is 0 Å². The van der Waals surface area contributed by atoms with Crippen LogP contribution in [0.1, 0.15) is 49.5 Å². The molecule has 0 radical (unpaired) electrons. The highest BCUT2D eigenvalue weighted by atomic mass is 19.3. The molecule has 8 nitrogen and oxygen atoms in total. The molecule has 4 rings (SSSR count). The Labute approximate surface area is 186 Å². The summed E-state index contributed by atoms with van der Waals surface area (Å²) in [5.74, 6) is -8.00. The van der Waals surface area contributed by atoms with Crippen LogP contribution >= 0.6 is 0 Å². The van der Waals surface area contributed by atoms with Gasteiger partial charge in [-0.1, -0.05) is 0 Å². The van der Waals surface area contributed by atoms with Crippen LogP contribution in [0.2, 0.25) is 0 Å². The van der Waals surface area contributed by atoms with E-state index in [-0.39, 0.29) is 37.3 Å². The zero-order chi connectivity index (χ0) is 24.0. The number of imidazole rings is 1. The largest absolute Gasteiger partial charge is 0.468 e. The van der Waals surface area contributed by atoms with E-state index >= 15 is 0 Å². The van der Waals surface area contributed by atoms with Crippen molar-refractivity contribution in [3.05, 3.63) is 29.7 Å². The van der Waals surface area contributed by atoms with Crippen LogP contribution in [0.3, 0.4) is 0 Å². The van der Waals surface area contributed by atoms with E-state index in [1.807, 2.05) is 0 Å². The number of nitrogens with two attached hydrogens (primary N) is 1. The fourth-order valence-electron chi connectivity index (χ4n) is 4.71. The standard InChI is InChI=1S/C21H25F4N5O3/c1-33-18(32)19(10-21(24,25)11-27-17(19)31)8-13-2-3-15-28-14(9-30(15)29-13)16(26)12-4-6-20(22,23)7-5-12/h2-3,9,12,16H,4-8,10-11,26H2,1H3,(H,27,31)/t16-,19-/m0/s1. The Morgan fingerprint density at radius 2 is 1.97 bits per heavy atom. The molecule has 3 N–H and O–H groups in total. The molecule has 1 saturated carbocycles. The summed E-state index contributed by atoms with van der Waals surface area (Å²) in [7, 11) is 1.03. The van der Waals surface area contributed by atoms with Crippen molar-refractivity contribution < 1.29 is 31.9 Å². The molecule has 0 unspecified atom stereocenters. The SMILES string of the molecule is COC(=O)[C@@]1(Cc2ccc3nc([C@@H](N)C4CCC(F)(F)CC4)cn3n2)CC(F)(F)CNC1=O. The lowest BCUT2D eigenvalue weighted by Gasteiger charge is -2.37. The first kappa shape index (κ1) is 23.4. The topological polar surface area (TPSA) is 112 Å².